The van der Waals surface area contributed by atoms with Crippen LogP contribution < -0.4 is 0 Å². The first-order valence-corrected chi connectivity index (χ1v) is 9.01. The fourth-order valence-electron chi connectivity index (χ4n) is 3.58. The van der Waals surface area contributed by atoms with Gasteiger partial charge in [0, 0.05) is 28.7 Å². The molecule has 0 aliphatic heterocycles. The molecule has 0 aliphatic carbocycles. The van der Waals surface area contributed by atoms with Crippen molar-refractivity contribution in [2.75, 3.05) is 0 Å². The van der Waals surface area contributed by atoms with E-state index in [9.17, 15) is 0 Å². The van der Waals surface area contributed by atoms with Gasteiger partial charge >= 0.3 is 0 Å². The quantitative estimate of drug-likeness (QED) is 0.373. The Morgan fingerprint density at radius 1 is 0.741 bits per heavy atom. The van der Waals surface area contributed by atoms with E-state index in [4.69, 9.17) is 4.42 Å². The van der Waals surface area contributed by atoms with E-state index in [0.717, 1.165) is 38.7 Å². The molecule has 3 aromatic heterocycles. The van der Waals surface area contributed by atoms with Crippen LogP contribution in [0.3, 0.4) is 0 Å². The van der Waals surface area contributed by atoms with Crippen LogP contribution >= 0.6 is 0 Å². The van der Waals surface area contributed by atoms with Crippen LogP contribution in [0.4, 0.5) is 0 Å². The molecule has 3 nitrogen and oxygen atoms in total. The Morgan fingerprint density at radius 3 is 2.44 bits per heavy atom. The molecule has 0 unspecified atom stereocenters. The summed E-state index contributed by atoms with van der Waals surface area (Å²) in [6, 6.07) is 20.9. The average Bonchev–Trinajstić information content (AvgIpc) is 3.07. The predicted octanol–water partition coefficient (Wildman–Crippen LogP) is 6.33. The summed E-state index contributed by atoms with van der Waals surface area (Å²) in [6.45, 7) is 4.19. The zero-order valence-corrected chi connectivity index (χ0v) is 15.2. The predicted molar refractivity (Wildman–Crippen MR) is 110 cm³/mol. The first kappa shape index (κ1) is 15.8. The van der Waals surface area contributed by atoms with Crippen LogP contribution in [-0.2, 0) is 0 Å². The van der Waals surface area contributed by atoms with E-state index in [1.807, 2.05) is 24.4 Å². The van der Waals surface area contributed by atoms with Crippen molar-refractivity contribution in [2.24, 2.45) is 0 Å². The number of hydrogen-bond acceptors (Lipinski definition) is 3. The van der Waals surface area contributed by atoms with E-state index in [0.29, 0.717) is 5.71 Å². The summed E-state index contributed by atoms with van der Waals surface area (Å²) in [7, 11) is 0. The van der Waals surface area contributed by atoms with Gasteiger partial charge in [-0.2, -0.15) is 0 Å². The smallest absolute Gasteiger partial charge is 0.227 e. The summed E-state index contributed by atoms with van der Waals surface area (Å²) < 4.78 is 6.13. The van der Waals surface area contributed by atoms with Crippen molar-refractivity contribution in [1.29, 1.82) is 0 Å². The van der Waals surface area contributed by atoms with E-state index in [1.54, 1.807) is 6.20 Å². The Kier molecular flexibility index (Phi) is 3.54. The maximum Gasteiger partial charge on any atom is 0.227 e. The monoisotopic (exact) mass is 350 g/mol. The summed E-state index contributed by atoms with van der Waals surface area (Å²) in [5.74, 6) is 0. The van der Waals surface area contributed by atoms with Gasteiger partial charge in [0.05, 0.1) is 5.69 Å². The molecule has 0 saturated carbocycles. The number of aromatic nitrogens is 2. The third kappa shape index (κ3) is 2.59. The lowest BCUT2D eigenvalue weighted by atomic mass is 9.98. The highest BCUT2D eigenvalue weighted by molar-refractivity contribution is 6.09. The van der Waals surface area contributed by atoms with Gasteiger partial charge in [-0.1, -0.05) is 42.0 Å². The van der Waals surface area contributed by atoms with Gasteiger partial charge in [0.2, 0.25) is 5.71 Å². The van der Waals surface area contributed by atoms with Gasteiger partial charge < -0.3 is 4.42 Å². The van der Waals surface area contributed by atoms with Crippen LogP contribution in [0.2, 0.25) is 0 Å². The van der Waals surface area contributed by atoms with Crippen LogP contribution in [-0.4, -0.2) is 9.97 Å². The number of nitrogens with zero attached hydrogens (tertiary/aromatic N) is 2. The molecule has 5 rings (SSSR count). The zero-order chi connectivity index (χ0) is 18.4. The minimum atomic E-state index is 0.661. The van der Waals surface area contributed by atoms with Crippen molar-refractivity contribution in [3.63, 3.8) is 0 Å². The molecule has 0 atom stereocenters. The van der Waals surface area contributed by atoms with Gasteiger partial charge in [-0.05, 0) is 54.8 Å². The Labute approximate surface area is 157 Å². The number of aryl methyl sites for hydroxylation is 2. The van der Waals surface area contributed by atoms with Crippen LogP contribution in [0.25, 0.3) is 44.5 Å². The number of hydrogen-bond donors (Lipinski definition) is 0. The maximum absolute atomic E-state index is 6.13. The molecule has 3 heterocycles. The molecule has 0 spiro atoms. The van der Waals surface area contributed by atoms with E-state index in [-0.39, 0.29) is 0 Å². The summed E-state index contributed by atoms with van der Waals surface area (Å²) in [6.07, 6.45) is 3.62. The summed E-state index contributed by atoms with van der Waals surface area (Å²) in [5.41, 5.74) is 8.16. The molecule has 3 heteroatoms. The highest BCUT2D eigenvalue weighted by Gasteiger charge is 2.16. The minimum Gasteiger partial charge on any atom is -0.437 e. The van der Waals surface area contributed by atoms with E-state index in [1.165, 1.54) is 11.1 Å². The topological polar surface area (TPSA) is 38.9 Å². The molecule has 0 aliphatic rings. The number of furan rings is 1. The van der Waals surface area contributed by atoms with E-state index >= 15 is 0 Å². The molecule has 0 amide bonds. The Bertz CT molecular complexity index is 1280. The SMILES string of the molecule is Cc1ccc(-c2ccnc(-c3c(C)ccc4c3oc3ncccc34)c2)cc1. The standard InChI is InChI=1S/C24H18N2O/c1-15-5-8-17(9-6-15)18-11-13-25-21(14-18)22-16(2)7-10-19-20-4-3-12-26-24(20)27-23(19)22/h3-14H,1-2H3. The van der Waals surface area contributed by atoms with Crippen molar-refractivity contribution in [1.82, 2.24) is 9.97 Å². The lowest BCUT2D eigenvalue weighted by Crippen LogP contribution is -1.89. The fraction of sp³-hybridized carbons (Fsp3) is 0.0833. The van der Waals surface area contributed by atoms with Gasteiger partial charge in [0.1, 0.15) is 5.58 Å². The first-order chi connectivity index (χ1) is 13.2. The lowest BCUT2D eigenvalue weighted by molar-refractivity contribution is 0.654. The number of benzene rings is 2. The van der Waals surface area contributed by atoms with Crippen LogP contribution in [0, 0.1) is 13.8 Å². The second-order valence-electron chi connectivity index (χ2n) is 6.89. The van der Waals surface area contributed by atoms with Crippen molar-refractivity contribution in [3.05, 3.63) is 84.2 Å². The van der Waals surface area contributed by atoms with Crippen molar-refractivity contribution >= 4 is 22.1 Å². The molecule has 27 heavy (non-hydrogen) atoms. The molecular formula is C24H18N2O. The Hall–Kier alpha value is -3.46. The molecule has 130 valence electrons. The van der Waals surface area contributed by atoms with Crippen LogP contribution in [0.5, 0.6) is 0 Å². The van der Waals surface area contributed by atoms with E-state index in [2.05, 4.69) is 66.3 Å². The Balaban J connectivity index is 1.75. The van der Waals surface area contributed by atoms with E-state index < -0.39 is 0 Å². The lowest BCUT2D eigenvalue weighted by Gasteiger charge is -2.09. The summed E-state index contributed by atoms with van der Waals surface area (Å²) in [4.78, 5) is 9.02. The zero-order valence-electron chi connectivity index (χ0n) is 15.2. The highest BCUT2D eigenvalue weighted by Crippen LogP contribution is 2.37. The highest BCUT2D eigenvalue weighted by atomic mass is 16.3. The van der Waals surface area contributed by atoms with Gasteiger partial charge in [-0.3, -0.25) is 4.98 Å². The number of rotatable bonds is 2. The molecule has 0 saturated heterocycles. The van der Waals surface area contributed by atoms with Crippen molar-refractivity contribution in [2.45, 2.75) is 13.8 Å². The second kappa shape index (κ2) is 6.06. The molecule has 5 aromatic rings. The largest absolute Gasteiger partial charge is 0.437 e. The third-order valence-electron chi connectivity index (χ3n) is 5.03. The number of fused-ring (bicyclic) bond motifs is 3. The van der Waals surface area contributed by atoms with Crippen LogP contribution in [0.1, 0.15) is 11.1 Å². The summed E-state index contributed by atoms with van der Waals surface area (Å²) >= 11 is 0. The summed E-state index contributed by atoms with van der Waals surface area (Å²) in [5, 5.41) is 2.10. The van der Waals surface area contributed by atoms with Crippen LogP contribution in [0.15, 0.2) is 77.5 Å². The normalized spacial score (nSPS) is 11.3. The van der Waals surface area contributed by atoms with Gasteiger partial charge in [-0.15, -0.1) is 0 Å². The first-order valence-electron chi connectivity index (χ1n) is 9.01. The minimum absolute atomic E-state index is 0.661. The van der Waals surface area contributed by atoms with Gasteiger partial charge in [0.25, 0.3) is 0 Å². The second-order valence-corrected chi connectivity index (χ2v) is 6.89. The third-order valence-corrected chi connectivity index (χ3v) is 5.03. The van der Waals surface area contributed by atoms with Crippen molar-refractivity contribution < 1.29 is 4.42 Å². The fourth-order valence-corrected chi connectivity index (χ4v) is 3.58. The molecule has 2 aromatic carbocycles. The van der Waals surface area contributed by atoms with Crippen molar-refractivity contribution in [3.8, 4) is 22.4 Å². The number of pyridine rings is 2. The molecule has 0 radical (unpaired) electrons. The molecule has 0 bridgehead atoms. The maximum atomic E-state index is 6.13. The molecule has 0 fully saturated rings. The molecule has 0 N–H and O–H groups in total. The Morgan fingerprint density at radius 2 is 1.59 bits per heavy atom. The van der Waals surface area contributed by atoms with Gasteiger partial charge in [-0.25, -0.2) is 4.98 Å². The molecular weight excluding hydrogens is 332 g/mol. The average molecular weight is 350 g/mol. The van der Waals surface area contributed by atoms with Gasteiger partial charge in [0.15, 0.2) is 0 Å².